The third-order valence-electron chi connectivity index (χ3n) is 12.8. The molecule has 0 bridgehead atoms. The van der Waals surface area contributed by atoms with Crippen molar-refractivity contribution in [1.29, 1.82) is 0 Å². The van der Waals surface area contributed by atoms with Crippen LogP contribution < -0.4 is 31.1 Å². The van der Waals surface area contributed by atoms with Crippen LogP contribution in [-0.2, 0) is 29.9 Å². The number of nitrogens with zero attached hydrogens (tertiary/aromatic N) is 2. The predicted octanol–water partition coefficient (Wildman–Crippen LogP) is 8.22. The molecule has 2 atom stereocenters. The smallest absolute Gasteiger partial charge is 0.251 e. The fourth-order valence-corrected chi connectivity index (χ4v) is 11.3. The molecule has 334 valence electrons. The van der Waals surface area contributed by atoms with E-state index < -0.39 is 22.3 Å². The average Bonchev–Trinajstić information content (AvgIpc) is 3.99. The van der Waals surface area contributed by atoms with Gasteiger partial charge in [-0.05, 0) is 95.1 Å². The van der Waals surface area contributed by atoms with Gasteiger partial charge in [0.15, 0.2) is 11.4 Å². The van der Waals surface area contributed by atoms with E-state index in [1.807, 2.05) is 84.9 Å². The van der Waals surface area contributed by atoms with Gasteiger partial charge in [0.2, 0.25) is 11.8 Å². The van der Waals surface area contributed by atoms with Gasteiger partial charge in [0.05, 0.1) is 13.2 Å². The predicted molar refractivity (Wildman–Crippen MR) is 260 cm³/mol. The van der Waals surface area contributed by atoms with Crippen molar-refractivity contribution in [2.24, 2.45) is 0 Å². The van der Waals surface area contributed by atoms with Crippen molar-refractivity contribution in [3.05, 3.63) is 130 Å². The largest absolute Gasteiger partial charge is 0.351 e. The van der Waals surface area contributed by atoms with E-state index in [-0.39, 0.29) is 23.6 Å². The first-order chi connectivity index (χ1) is 30.6. The Morgan fingerprint density at radius 2 is 0.984 bits per heavy atom. The Balaban J connectivity index is 0.796. The fourth-order valence-electron chi connectivity index (χ4n) is 9.53. The van der Waals surface area contributed by atoms with Crippen molar-refractivity contribution >= 4 is 80.1 Å². The molecule has 2 fully saturated rings. The summed E-state index contributed by atoms with van der Waals surface area (Å²) in [5, 5.41) is 11.8. The van der Waals surface area contributed by atoms with Crippen LogP contribution in [0.3, 0.4) is 0 Å². The Morgan fingerprint density at radius 1 is 0.594 bits per heavy atom. The fraction of sp³-hybridized carbons (Fsp3) is 0.360. The second kappa shape index (κ2) is 18.1. The number of ether oxygens (including phenoxy) is 2. The topological polar surface area (TPSA) is 141 Å². The molecule has 0 aliphatic carbocycles. The summed E-state index contributed by atoms with van der Waals surface area (Å²) in [5.74, 6) is 0.994. The number of anilines is 4. The molecule has 2 saturated heterocycles. The minimum absolute atomic E-state index is 0.108. The summed E-state index contributed by atoms with van der Waals surface area (Å²) in [4.78, 5) is 54.2. The highest BCUT2D eigenvalue weighted by Crippen LogP contribution is 2.56. The summed E-state index contributed by atoms with van der Waals surface area (Å²) in [6.45, 7) is 15.4. The van der Waals surface area contributed by atoms with Gasteiger partial charge in [-0.2, -0.15) is 0 Å². The lowest BCUT2D eigenvalue weighted by molar-refractivity contribution is -0.115. The molecular formula is C50H56N6O6S2. The highest BCUT2D eigenvalue weighted by Gasteiger charge is 2.60. The molecule has 4 N–H and O–H groups in total. The third kappa shape index (κ3) is 8.44. The van der Waals surface area contributed by atoms with Gasteiger partial charge in [0.25, 0.3) is 11.8 Å². The van der Waals surface area contributed by atoms with Crippen LogP contribution in [0.1, 0.15) is 84.5 Å². The molecule has 12 nitrogen and oxygen atoms in total. The van der Waals surface area contributed by atoms with Crippen LogP contribution in [0.15, 0.2) is 97.1 Å². The Morgan fingerprint density at radius 3 is 1.36 bits per heavy atom. The Kier molecular flexibility index (Phi) is 12.8. The lowest BCUT2D eigenvalue weighted by Crippen LogP contribution is -2.51. The number of amides is 4. The van der Waals surface area contributed by atoms with E-state index in [9.17, 15) is 19.2 Å². The molecule has 0 aromatic heterocycles. The number of rotatable bonds is 15. The van der Waals surface area contributed by atoms with Crippen LogP contribution in [0.4, 0.5) is 22.7 Å². The molecule has 4 aromatic carbocycles. The second-order valence-electron chi connectivity index (χ2n) is 17.5. The molecule has 4 aliphatic heterocycles. The lowest BCUT2D eigenvalue weighted by Gasteiger charge is -2.39. The number of hydrogen-bond acceptors (Lipinski definition) is 10. The molecule has 64 heavy (non-hydrogen) atoms. The summed E-state index contributed by atoms with van der Waals surface area (Å²) in [5.41, 5.74) is 6.69. The van der Waals surface area contributed by atoms with Gasteiger partial charge in [-0.25, -0.2) is 0 Å². The van der Waals surface area contributed by atoms with E-state index in [0.717, 1.165) is 69.6 Å². The van der Waals surface area contributed by atoms with Gasteiger partial charge >= 0.3 is 0 Å². The Bertz CT molecular complexity index is 2330. The third-order valence-corrected chi connectivity index (χ3v) is 15.2. The number of benzene rings is 4. The van der Waals surface area contributed by atoms with E-state index in [1.165, 1.54) is 13.8 Å². The van der Waals surface area contributed by atoms with Crippen LogP contribution in [0.25, 0.3) is 12.2 Å². The molecule has 0 radical (unpaired) electrons. The summed E-state index contributed by atoms with van der Waals surface area (Å²) >= 11 is 0. The zero-order valence-corrected chi connectivity index (χ0v) is 38.8. The van der Waals surface area contributed by atoms with E-state index in [2.05, 4.69) is 83.1 Å². The quantitative estimate of drug-likeness (QED) is 0.0682. The molecular weight excluding hydrogens is 845 g/mol. The molecule has 4 aromatic rings. The first-order valence-corrected chi connectivity index (χ1v) is 24.2. The molecule has 4 aliphatic rings. The van der Waals surface area contributed by atoms with E-state index >= 15 is 0 Å². The first-order valence-electron chi connectivity index (χ1n) is 21.7. The number of fused-ring (bicyclic) bond motifs is 6. The zero-order chi connectivity index (χ0) is 45.3. The summed E-state index contributed by atoms with van der Waals surface area (Å²) in [6.07, 6.45) is 8.36. The van der Waals surface area contributed by atoms with Crippen molar-refractivity contribution < 1.29 is 28.7 Å². The number of carbonyl (C=O) groups is 4. The minimum Gasteiger partial charge on any atom is -0.351 e. The highest BCUT2D eigenvalue weighted by molar-refractivity contribution is 8.76. The van der Waals surface area contributed by atoms with Crippen LogP contribution in [-0.4, -0.2) is 86.0 Å². The Hall–Kier alpha value is -5.54. The lowest BCUT2D eigenvalue weighted by atomic mass is 9.77. The van der Waals surface area contributed by atoms with Crippen molar-refractivity contribution in [3.63, 3.8) is 0 Å². The normalized spacial score (nSPS) is 21.1. The molecule has 0 spiro atoms. The average molecular weight is 901 g/mol. The van der Waals surface area contributed by atoms with Gasteiger partial charge in [-0.15, -0.1) is 0 Å². The molecule has 14 heteroatoms. The van der Waals surface area contributed by atoms with Gasteiger partial charge < -0.3 is 40.5 Å². The number of carbonyl (C=O) groups excluding carboxylic acids is 4. The van der Waals surface area contributed by atoms with Gasteiger partial charge in [0, 0.05) is 96.2 Å². The van der Waals surface area contributed by atoms with Crippen LogP contribution in [0, 0.1) is 0 Å². The zero-order valence-electron chi connectivity index (χ0n) is 37.2. The van der Waals surface area contributed by atoms with Crippen molar-refractivity contribution in [3.8, 4) is 0 Å². The maximum Gasteiger partial charge on any atom is 0.251 e. The van der Waals surface area contributed by atoms with Crippen LogP contribution in [0.2, 0.25) is 0 Å². The van der Waals surface area contributed by atoms with Crippen LogP contribution >= 0.6 is 21.6 Å². The molecule has 4 heterocycles. The van der Waals surface area contributed by atoms with E-state index in [0.29, 0.717) is 37.4 Å². The standard InChI is InChI=1S/C50H56N6O6S2/c1-33(57)53-39-13-7-35(8-14-39)19-21-49-47(3,4)41-31-37(11-17-43(41)55(49)25-27-61-49)45(59)51-23-29-63-64-30-24-52-46(60)38-12-18-44-42(32-38)48(5,6)50(56(44)26-28-62-50)22-20-36-9-15-40(16-10-36)54-34(2)58/h7-22,31-32H,23-30H2,1-6H3,(H,51,59)(H,52,60)(H,53,57)(H,54,58)/b21-19+,22-20+. The summed E-state index contributed by atoms with van der Waals surface area (Å²) in [6, 6.07) is 27.3. The van der Waals surface area contributed by atoms with Crippen molar-refractivity contribution in [2.45, 2.75) is 63.8 Å². The Labute approximate surface area is 383 Å². The summed E-state index contributed by atoms with van der Waals surface area (Å²) in [7, 11) is 3.33. The monoisotopic (exact) mass is 900 g/mol. The SMILES string of the molecule is CC(=O)Nc1ccc(/C=C/C23OCCN2c2ccc(C(=O)NCCSSCCNC(=O)c4ccc5c(c4)C(C)(C)C4(/C=C/c6ccc(NC(C)=O)cc6)OCCN54)cc2C3(C)C)cc1. The van der Waals surface area contributed by atoms with Crippen LogP contribution in [0.5, 0.6) is 0 Å². The highest BCUT2D eigenvalue weighted by atomic mass is 33.1. The molecule has 0 saturated carbocycles. The van der Waals surface area contributed by atoms with Gasteiger partial charge in [-0.1, -0.05) is 85.7 Å². The molecule has 2 unspecified atom stereocenters. The van der Waals surface area contributed by atoms with E-state index in [4.69, 9.17) is 9.47 Å². The molecule has 4 amide bonds. The van der Waals surface area contributed by atoms with Gasteiger partial charge in [-0.3, -0.25) is 19.2 Å². The van der Waals surface area contributed by atoms with E-state index in [1.54, 1.807) is 21.6 Å². The van der Waals surface area contributed by atoms with Gasteiger partial charge in [0.1, 0.15) is 0 Å². The maximum absolute atomic E-state index is 13.4. The number of hydrogen-bond donors (Lipinski definition) is 4. The minimum atomic E-state index is -0.701. The van der Waals surface area contributed by atoms with Crippen molar-refractivity contribution in [1.82, 2.24) is 10.6 Å². The second-order valence-corrected chi connectivity index (χ2v) is 20.2. The maximum atomic E-state index is 13.4. The van der Waals surface area contributed by atoms with Crippen molar-refractivity contribution in [2.75, 3.05) is 71.3 Å². The first kappa shape index (κ1) is 45.0. The summed E-state index contributed by atoms with van der Waals surface area (Å²) < 4.78 is 13.0. The molecule has 8 rings (SSSR count). The number of nitrogens with one attached hydrogen (secondary N) is 4.